The molecule has 8 heteroatoms. The van der Waals surface area contributed by atoms with Crippen LogP contribution >= 0.6 is 23.4 Å². The zero-order valence-electron chi connectivity index (χ0n) is 15.9. The second kappa shape index (κ2) is 9.56. The highest BCUT2D eigenvalue weighted by Gasteiger charge is 2.17. The molecule has 0 radical (unpaired) electrons. The Labute approximate surface area is 183 Å². The van der Waals surface area contributed by atoms with Gasteiger partial charge in [0.2, 0.25) is 5.91 Å². The summed E-state index contributed by atoms with van der Waals surface area (Å²) in [6, 6.07) is 21.0. The van der Waals surface area contributed by atoms with Gasteiger partial charge in [-0.2, -0.15) is 0 Å². The van der Waals surface area contributed by atoms with Gasteiger partial charge in [0.15, 0.2) is 11.0 Å². The molecule has 0 aliphatic heterocycles. The van der Waals surface area contributed by atoms with E-state index in [0.717, 1.165) is 16.8 Å². The lowest BCUT2D eigenvalue weighted by Crippen LogP contribution is -2.24. The lowest BCUT2D eigenvalue weighted by Gasteiger charge is -2.11. The molecule has 0 saturated heterocycles. The third kappa shape index (κ3) is 4.87. The van der Waals surface area contributed by atoms with Crippen molar-refractivity contribution >= 4 is 29.3 Å². The third-order valence-electron chi connectivity index (χ3n) is 4.30. The van der Waals surface area contributed by atoms with Gasteiger partial charge >= 0.3 is 0 Å². The first kappa shape index (κ1) is 20.1. The summed E-state index contributed by atoms with van der Waals surface area (Å²) < 4.78 is 1.90. The molecule has 4 rings (SSSR count). The molecule has 2 aromatic heterocycles. The lowest BCUT2D eigenvalue weighted by atomic mass is 10.2. The molecule has 1 N–H and O–H groups in total. The summed E-state index contributed by atoms with van der Waals surface area (Å²) >= 11 is 7.53. The molecule has 150 valence electrons. The number of nitrogens with zero attached hydrogens (tertiary/aromatic N) is 4. The summed E-state index contributed by atoms with van der Waals surface area (Å²) in [6.07, 6.45) is 3.41. The van der Waals surface area contributed by atoms with Crippen molar-refractivity contribution in [3.63, 3.8) is 0 Å². The Balaban J connectivity index is 1.54. The van der Waals surface area contributed by atoms with Gasteiger partial charge in [-0.05, 0) is 35.9 Å². The minimum atomic E-state index is -0.0741. The number of aromatic nitrogens is 4. The molecule has 0 aliphatic rings. The molecule has 0 fully saturated rings. The van der Waals surface area contributed by atoms with Crippen molar-refractivity contribution in [2.45, 2.75) is 11.7 Å². The van der Waals surface area contributed by atoms with Crippen LogP contribution < -0.4 is 5.32 Å². The standard InChI is InChI=1S/C22H18ClN5OS/c23-18-7-4-8-19(13-18)28-21(17-9-11-24-12-10-17)26-27-22(28)30-15-20(29)25-14-16-5-2-1-3-6-16/h1-13H,14-15H2,(H,25,29). The second-order valence-corrected chi connectivity index (χ2v) is 7.79. The summed E-state index contributed by atoms with van der Waals surface area (Å²) in [4.78, 5) is 16.4. The Morgan fingerprint density at radius 2 is 1.80 bits per heavy atom. The fourth-order valence-electron chi connectivity index (χ4n) is 2.88. The number of hydrogen-bond donors (Lipinski definition) is 1. The van der Waals surface area contributed by atoms with Gasteiger partial charge in [0.05, 0.1) is 11.4 Å². The van der Waals surface area contributed by atoms with E-state index >= 15 is 0 Å². The van der Waals surface area contributed by atoms with E-state index in [0.29, 0.717) is 22.5 Å². The van der Waals surface area contributed by atoms with Crippen molar-refractivity contribution in [2.75, 3.05) is 5.75 Å². The molecular weight excluding hydrogens is 418 g/mol. The van der Waals surface area contributed by atoms with Gasteiger partial charge in [-0.1, -0.05) is 59.8 Å². The highest BCUT2D eigenvalue weighted by atomic mass is 35.5. The largest absolute Gasteiger partial charge is 0.351 e. The van der Waals surface area contributed by atoms with Gasteiger partial charge in [-0.25, -0.2) is 0 Å². The maximum absolute atomic E-state index is 12.3. The molecular formula is C22H18ClN5OS. The number of carbonyl (C=O) groups excluding carboxylic acids is 1. The first-order valence-corrected chi connectivity index (χ1v) is 10.6. The maximum Gasteiger partial charge on any atom is 0.230 e. The van der Waals surface area contributed by atoms with Gasteiger partial charge in [-0.3, -0.25) is 14.3 Å². The zero-order chi connectivity index (χ0) is 20.8. The number of hydrogen-bond acceptors (Lipinski definition) is 5. The van der Waals surface area contributed by atoms with Crippen LogP contribution in [-0.2, 0) is 11.3 Å². The summed E-state index contributed by atoms with van der Waals surface area (Å²) in [7, 11) is 0. The normalized spacial score (nSPS) is 10.7. The second-order valence-electron chi connectivity index (χ2n) is 6.41. The Kier molecular flexibility index (Phi) is 6.41. The zero-order valence-corrected chi connectivity index (χ0v) is 17.5. The number of nitrogens with one attached hydrogen (secondary N) is 1. The molecule has 2 heterocycles. The molecule has 0 bridgehead atoms. The van der Waals surface area contributed by atoms with Crippen LogP contribution in [0.1, 0.15) is 5.56 Å². The number of rotatable bonds is 7. The van der Waals surface area contributed by atoms with E-state index in [9.17, 15) is 4.79 Å². The van der Waals surface area contributed by atoms with E-state index in [2.05, 4.69) is 20.5 Å². The smallest absolute Gasteiger partial charge is 0.230 e. The first-order valence-electron chi connectivity index (χ1n) is 9.26. The Bertz CT molecular complexity index is 1130. The van der Waals surface area contributed by atoms with E-state index in [4.69, 9.17) is 11.6 Å². The number of thioether (sulfide) groups is 1. The summed E-state index contributed by atoms with van der Waals surface area (Å²) in [6.45, 7) is 0.490. The van der Waals surface area contributed by atoms with Crippen molar-refractivity contribution in [1.29, 1.82) is 0 Å². The monoisotopic (exact) mass is 435 g/mol. The fourth-order valence-corrected chi connectivity index (χ4v) is 3.84. The van der Waals surface area contributed by atoms with Crippen molar-refractivity contribution in [3.05, 3.63) is 89.7 Å². The number of pyridine rings is 1. The lowest BCUT2D eigenvalue weighted by molar-refractivity contribution is -0.118. The Morgan fingerprint density at radius 3 is 2.57 bits per heavy atom. The number of halogens is 1. The van der Waals surface area contributed by atoms with E-state index in [1.807, 2.05) is 71.3 Å². The van der Waals surface area contributed by atoms with Crippen molar-refractivity contribution in [2.24, 2.45) is 0 Å². The molecule has 0 saturated carbocycles. The van der Waals surface area contributed by atoms with Crippen LogP contribution in [0.2, 0.25) is 5.02 Å². The first-order chi connectivity index (χ1) is 14.7. The molecule has 30 heavy (non-hydrogen) atoms. The Hall–Kier alpha value is -3.16. The van der Waals surface area contributed by atoms with Crippen LogP contribution in [0.25, 0.3) is 17.1 Å². The molecule has 0 atom stereocenters. The average molecular weight is 436 g/mol. The van der Waals surface area contributed by atoms with Gasteiger partial charge in [0, 0.05) is 29.5 Å². The van der Waals surface area contributed by atoms with E-state index in [1.54, 1.807) is 12.4 Å². The molecule has 1 amide bonds. The maximum atomic E-state index is 12.3. The number of carbonyl (C=O) groups is 1. The van der Waals surface area contributed by atoms with Crippen LogP contribution in [-0.4, -0.2) is 31.4 Å². The molecule has 6 nitrogen and oxygen atoms in total. The van der Waals surface area contributed by atoms with Crippen LogP contribution in [0.15, 0.2) is 84.3 Å². The third-order valence-corrected chi connectivity index (χ3v) is 5.47. The quantitative estimate of drug-likeness (QED) is 0.436. The van der Waals surface area contributed by atoms with Crippen LogP contribution in [0.5, 0.6) is 0 Å². The van der Waals surface area contributed by atoms with Gasteiger partial charge < -0.3 is 5.32 Å². The summed E-state index contributed by atoms with van der Waals surface area (Å²) in [5, 5.41) is 12.8. The van der Waals surface area contributed by atoms with Gasteiger partial charge in [-0.15, -0.1) is 10.2 Å². The number of amides is 1. The summed E-state index contributed by atoms with van der Waals surface area (Å²) in [5.41, 5.74) is 2.75. The van der Waals surface area contributed by atoms with Gasteiger partial charge in [0.25, 0.3) is 0 Å². The van der Waals surface area contributed by atoms with Crippen LogP contribution in [0, 0.1) is 0 Å². The highest BCUT2D eigenvalue weighted by Crippen LogP contribution is 2.28. The SMILES string of the molecule is O=C(CSc1nnc(-c2ccncc2)n1-c1cccc(Cl)c1)NCc1ccccc1. The molecule has 0 unspecified atom stereocenters. The topological polar surface area (TPSA) is 72.7 Å². The van der Waals surface area contributed by atoms with Crippen LogP contribution in [0.4, 0.5) is 0 Å². The van der Waals surface area contributed by atoms with Crippen molar-refractivity contribution in [1.82, 2.24) is 25.1 Å². The molecule has 0 spiro atoms. The molecule has 0 aliphatic carbocycles. The molecule has 4 aromatic rings. The van der Waals surface area contributed by atoms with E-state index in [1.165, 1.54) is 11.8 Å². The highest BCUT2D eigenvalue weighted by molar-refractivity contribution is 7.99. The van der Waals surface area contributed by atoms with Crippen molar-refractivity contribution in [3.8, 4) is 17.1 Å². The minimum Gasteiger partial charge on any atom is -0.351 e. The fraction of sp³-hybridized carbons (Fsp3) is 0.0909. The predicted octanol–water partition coefficient (Wildman–Crippen LogP) is 4.39. The Morgan fingerprint density at radius 1 is 1.00 bits per heavy atom. The minimum absolute atomic E-state index is 0.0741. The molecule has 2 aromatic carbocycles. The number of benzene rings is 2. The van der Waals surface area contributed by atoms with Gasteiger partial charge in [0.1, 0.15) is 0 Å². The van der Waals surface area contributed by atoms with Crippen LogP contribution in [0.3, 0.4) is 0 Å². The van der Waals surface area contributed by atoms with E-state index < -0.39 is 0 Å². The van der Waals surface area contributed by atoms with Crippen molar-refractivity contribution < 1.29 is 4.79 Å². The summed E-state index contributed by atoms with van der Waals surface area (Å²) in [5.74, 6) is 0.809. The average Bonchev–Trinajstić information content (AvgIpc) is 3.21. The van der Waals surface area contributed by atoms with E-state index in [-0.39, 0.29) is 11.7 Å². The predicted molar refractivity (Wildman–Crippen MR) is 119 cm³/mol.